The quantitative estimate of drug-likeness (QED) is 0.496. The van der Waals surface area contributed by atoms with Crippen LogP contribution in [0.1, 0.15) is 6.42 Å². The summed E-state index contributed by atoms with van der Waals surface area (Å²) in [5.74, 6) is 0. The molecule has 3 nitrogen and oxygen atoms in total. The highest BCUT2D eigenvalue weighted by atomic mass is 32.2. The molecular weight excluding hydrogens is 192 g/mol. The maximum atomic E-state index is 10.6. The average Bonchev–Trinajstić information content (AvgIpc) is 1.96. The van der Waals surface area contributed by atoms with Gasteiger partial charge in [-0.25, -0.2) is 0 Å². The Morgan fingerprint density at radius 2 is 1.92 bits per heavy atom. The minimum atomic E-state index is -1.54. The van der Waals surface area contributed by atoms with Gasteiger partial charge in [-0.15, -0.1) is 0 Å². The summed E-state index contributed by atoms with van der Waals surface area (Å²) < 4.78 is 19.9. The van der Waals surface area contributed by atoms with Crippen molar-refractivity contribution in [2.45, 2.75) is 32.1 Å². The van der Waals surface area contributed by atoms with Gasteiger partial charge in [-0.3, -0.25) is 8.37 Å². The summed E-state index contributed by atoms with van der Waals surface area (Å²) in [4.78, 5) is 0. The van der Waals surface area contributed by atoms with Crippen molar-refractivity contribution in [1.82, 2.24) is 0 Å². The zero-order valence-corrected chi connectivity index (χ0v) is 10.1. The largest absolute Gasteiger partial charge is 0.304 e. The Kier molecular flexibility index (Phi) is 5.99. The molecule has 0 amide bonds. The molecule has 0 saturated carbocycles. The van der Waals surface area contributed by atoms with E-state index in [-0.39, 0.29) is 0 Å². The molecule has 0 N–H and O–H groups in total. The lowest BCUT2D eigenvalue weighted by atomic mass is 10.5. The second-order valence-electron chi connectivity index (χ2n) is 3.86. The first-order chi connectivity index (χ1) is 5.45. The van der Waals surface area contributed by atoms with Crippen LogP contribution in [-0.4, -0.2) is 26.0 Å². The summed E-state index contributed by atoms with van der Waals surface area (Å²) in [6.07, 6.45) is 0.977. The number of hydrogen-bond acceptors (Lipinski definition) is 3. The second kappa shape index (κ2) is 5.85. The smallest absolute Gasteiger partial charge is 0.272 e. The molecular formula is C7H18O3SSi. The predicted molar refractivity (Wildman–Crippen MR) is 53.9 cm³/mol. The summed E-state index contributed by atoms with van der Waals surface area (Å²) >= 11 is -1.54. The molecule has 0 aliphatic heterocycles. The first-order valence-corrected chi connectivity index (χ1v) is 8.76. The normalized spacial score (nSPS) is 14.7. The van der Waals surface area contributed by atoms with Crippen molar-refractivity contribution in [3.05, 3.63) is 0 Å². The van der Waals surface area contributed by atoms with Crippen LogP contribution in [0.5, 0.6) is 0 Å². The fraction of sp³-hybridized carbons (Fsp3) is 1.00. The van der Waals surface area contributed by atoms with Gasteiger partial charge in [0.2, 0.25) is 0 Å². The second-order valence-corrected chi connectivity index (χ2v) is 10.5. The molecule has 74 valence electrons. The SMILES string of the molecule is COS(=O)OCCC[Si](C)(C)C. The maximum absolute atomic E-state index is 10.6. The Morgan fingerprint density at radius 1 is 1.33 bits per heavy atom. The van der Waals surface area contributed by atoms with Crippen LogP contribution in [0.3, 0.4) is 0 Å². The van der Waals surface area contributed by atoms with Crippen LogP contribution in [0.25, 0.3) is 0 Å². The van der Waals surface area contributed by atoms with E-state index in [0.717, 1.165) is 6.42 Å². The predicted octanol–water partition coefficient (Wildman–Crippen LogP) is 1.96. The molecule has 12 heavy (non-hydrogen) atoms. The van der Waals surface area contributed by atoms with Crippen molar-refractivity contribution in [2.75, 3.05) is 13.7 Å². The zero-order chi connectivity index (χ0) is 9.61. The monoisotopic (exact) mass is 210 g/mol. The van der Waals surface area contributed by atoms with Gasteiger partial charge in [0.15, 0.2) is 0 Å². The Labute approximate surface area is 78.3 Å². The zero-order valence-electron chi connectivity index (χ0n) is 8.25. The molecule has 0 radical (unpaired) electrons. The van der Waals surface area contributed by atoms with Crippen LogP contribution in [0, 0.1) is 0 Å². The van der Waals surface area contributed by atoms with E-state index in [0.29, 0.717) is 6.61 Å². The number of rotatable bonds is 6. The van der Waals surface area contributed by atoms with Gasteiger partial charge < -0.3 is 0 Å². The molecule has 0 aromatic rings. The molecule has 0 aliphatic carbocycles. The molecule has 1 atom stereocenters. The van der Waals surface area contributed by atoms with Crippen molar-refractivity contribution >= 4 is 19.4 Å². The molecule has 0 rings (SSSR count). The van der Waals surface area contributed by atoms with Crippen LogP contribution < -0.4 is 0 Å². The summed E-state index contributed by atoms with van der Waals surface area (Å²) in [5, 5.41) is 0. The maximum Gasteiger partial charge on any atom is 0.304 e. The lowest BCUT2D eigenvalue weighted by molar-refractivity contribution is 0.282. The van der Waals surface area contributed by atoms with Crippen molar-refractivity contribution < 1.29 is 12.6 Å². The van der Waals surface area contributed by atoms with Crippen LogP contribution in [0.2, 0.25) is 25.7 Å². The van der Waals surface area contributed by atoms with Gasteiger partial charge in [0.25, 0.3) is 0 Å². The molecule has 1 unspecified atom stereocenters. The third-order valence-electron chi connectivity index (χ3n) is 1.39. The Bertz CT molecular complexity index is 144. The fourth-order valence-corrected chi connectivity index (χ4v) is 2.33. The third kappa shape index (κ3) is 8.38. The highest BCUT2D eigenvalue weighted by Crippen LogP contribution is 2.10. The Balaban J connectivity index is 3.28. The van der Waals surface area contributed by atoms with Crippen molar-refractivity contribution in [3.63, 3.8) is 0 Å². The molecule has 0 spiro atoms. The van der Waals surface area contributed by atoms with Gasteiger partial charge in [0, 0.05) is 8.07 Å². The lowest BCUT2D eigenvalue weighted by Gasteiger charge is -2.14. The average molecular weight is 210 g/mol. The van der Waals surface area contributed by atoms with Gasteiger partial charge >= 0.3 is 11.4 Å². The van der Waals surface area contributed by atoms with Gasteiger partial charge in [0.1, 0.15) is 0 Å². The summed E-state index contributed by atoms with van der Waals surface area (Å²) in [5.41, 5.74) is 0. The van der Waals surface area contributed by atoms with Crippen LogP contribution in [-0.2, 0) is 19.7 Å². The number of hydrogen-bond donors (Lipinski definition) is 0. The topological polar surface area (TPSA) is 35.5 Å². The Morgan fingerprint density at radius 3 is 2.33 bits per heavy atom. The fourth-order valence-electron chi connectivity index (χ4n) is 0.778. The van der Waals surface area contributed by atoms with Crippen molar-refractivity contribution in [1.29, 1.82) is 0 Å². The highest BCUT2D eigenvalue weighted by molar-refractivity contribution is 7.75. The van der Waals surface area contributed by atoms with Crippen LogP contribution >= 0.6 is 0 Å². The van der Waals surface area contributed by atoms with E-state index in [1.54, 1.807) is 0 Å². The minimum Gasteiger partial charge on any atom is -0.272 e. The highest BCUT2D eigenvalue weighted by Gasteiger charge is 2.12. The first kappa shape index (κ1) is 12.3. The molecule has 0 aromatic carbocycles. The summed E-state index contributed by atoms with van der Waals surface area (Å²) in [6.45, 7) is 7.45. The summed E-state index contributed by atoms with van der Waals surface area (Å²) in [6, 6.07) is 1.20. The Hall–Kier alpha value is 0.287. The third-order valence-corrected chi connectivity index (χ3v) is 3.87. The van der Waals surface area contributed by atoms with Gasteiger partial charge in [-0.05, 0) is 6.42 Å². The molecule has 5 heteroatoms. The minimum absolute atomic E-state index is 0.532. The van der Waals surface area contributed by atoms with E-state index in [4.69, 9.17) is 4.18 Å². The van der Waals surface area contributed by atoms with Gasteiger partial charge in [0.05, 0.1) is 13.7 Å². The molecule has 0 bridgehead atoms. The van der Waals surface area contributed by atoms with Gasteiger partial charge in [-0.1, -0.05) is 25.7 Å². The molecule has 0 heterocycles. The van der Waals surface area contributed by atoms with E-state index < -0.39 is 19.4 Å². The van der Waals surface area contributed by atoms with Crippen LogP contribution in [0.4, 0.5) is 0 Å². The van der Waals surface area contributed by atoms with E-state index in [1.807, 2.05) is 0 Å². The first-order valence-electron chi connectivity index (χ1n) is 4.05. The molecule has 0 saturated heterocycles. The van der Waals surface area contributed by atoms with Crippen molar-refractivity contribution in [3.8, 4) is 0 Å². The van der Waals surface area contributed by atoms with E-state index >= 15 is 0 Å². The molecule has 0 aliphatic rings. The van der Waals surface area contributed by atoms with Crippen LogP contribution in [0.15, 0.2) is 0 Å². The van der Waals surface area contributed by atoms with E-state index in [9.17, 15) is 4.21 Å². The van der Waals surface area contributed by atoms with Gasteiger partial charge in [-0.2, -0.15) is 4.21 Å². The standard InChI is InChI=1S/C7H18O3SSi/c1-9-11(8)10-6-5-7-12(2,3)4/h5-7H2,1-4H3. The van der Waals surface area contributed by atoms with Crippen molar-refractivity contribution in [2.24, 2.45) is 0 Å². The molecule has 0 fully saturated rings. The van der Waals surface area contributed by atoms with E-state index in [1.165, 1.54) is 13.2 Å². The summed E-state index contributed by atoms with van der Waals surface area (Å²) in [7, 11) is 0.410. The molecule has 0 aromatic heterocycles. The lowest BCUT2D eigenvalue weighted by Crippen LogP contribution is -2.19. The van der Waals surface area contributed by atoms with E-state index in [2.05, 4.69) is 23.8 Å².